The van der Waals surface area contributed by atoms with Gasteiger partial charge in [0.05, 0.1) is 0 Å². The Hall–Kier alpha value is -0.430. The van der Waals surface area contributed by atoms with Crippen LogP contribution >= 0.6 is 11.8 Å². The second-order valence-corrected chi connectivity index (χ2v) is 8.08. The molecule has 0 nitrogen and oxygen atoms in total. The lowest BCUT2D eigenvalue weighted by atomic mass is 9.55. The molecule has 3 aliphatic rings. The van der Waals surface area contributed by atoms with Gasteiger partial charge in [0, 0.05) is 9.64 Å². The Morgan fingerprint density at radius 1 is 1.06 bits per heavy atom. The highest BCUT2D eigenvalue weighted by molar-refractivity contribution is 8.00. The number of hydrogen-bond acceptors (Lipinski definition) is 1. The highest BCUT2D eigenvalue weighted by Crippen LogP contribution is 2.66. The topological polar surface area (TPSA) is 0 Å². The summed E-state index contributed by atoms with van der Waals surface area (Å²) in [5.74, 6) is 1.08. The van der Waals surface area contributed by atoms with Crippen LogP contribution in [0.1, 0.15) is 45.6 Å². The molecule has 0 heterocycles. The van der Waals surface area contributed by atoms with Crippen LogP contribution in [0.5, 0.6) is 0 Å². The summed E-state index contributed by atoms with van der Waals surface area (Å²) >= 11 is 2.12. The van der Waals surface area contributed by atoms with Gasteiger partial charge in [0.15, 0.2) is 0 Å². The summed E-state index contributed by atoms with van der Waals surface area (Å²) in [6, 6.07) is 9.22. The lowest BCUT2D eigenvalue weighted by Crippen LogP contribution is -2.55. The Balaban J connectivity index is 1.72. The van der Waals surface area contributed by atoms with Gasteiger partial charge in [-0.1, -0.05) is 32.9 Å². The van der Waals surface area contributed by atoms with Gasteiger partial charge >= 0.3 is 0 Å². The highest BCUT2D eigenvalue weighted by atomic mass is 32.2. The first-order valence-corrected chi connectivity index (χ1v) is 7.08. The highest BCUT2D eigenvalue weighted by Gasteiger charge is 2.57. The van der Waals surface area contributed by atoms with Crippen molar-refractivity contribution in [2.75, 3.05) is 0 Å². The second kappa shape index (κ2) is 3.29. The molecule has 16 heavy (non-hydrogen) atoms. The van der Waals surface area contributed by atoms with E-state index in [9.17, 15) is 0 Å². The molecule has 3 saturated carbocycles. The normalized spacial score (nSPS) is 31.8. The second-order valence-electron chi connectivity index (χ2n) is 6.54. The lowest BCUT2D eigenvalue weighted by molar-refractivity contribution is 0.0580. The maximum Gasteiger partial charge on any atom is 0.0215 e. The standard InChI is InChI=1S/C15H20S/c1-14(2,3)12-4-6-13(7-5-12)16-15-8-11(9-15)10-15/h4-7,11H,8-10H2,1-3H3. The van der Waals surface area contributed by atoms with Crippen molar-refractivity contribution in [1.29, 1.82) is 0 Å². The fourth-order valence-corrected chi connectivity index (χ4v) is 4.53. The number of benzene rings is 1. The largest absolute Gasteiger partial charge is 0.119 e. The first-order chi connectivity index (χ1) is 7.47. The van der Waals surface area contributed by atoms with E-state index < -0.39 is 0 Å². The van der Waals surface area contributed by atoms with Crippen LogP contribution in [0.15, 0.2) is 29.2 Å². The molecule has 86 valence electrons. The Morgan fingerprint density at radius 2 is 1.62 bits per heavy atom. The number of rotatable bonds is 2. The SMILES string of the molecule is CC(C)(C)c1ccc(SC23CC(C2)C3)cc1. The summed E-state index contributed by atoms with van der Waals surface area (Å²) in [5, 5.41) is 0. The van der Waals surface area contributed by atoms with Gasteiger partial charge in [-0.15, -0.1) is 11.8 Å². The minimum atomic E-state index is 0.277. The van der Waals surface area contributed by atoms with Crippen LogP contribution < -0.4 is 0 Å². The van der Waals surface area contributed by atoms with Gasteiger partial charge < -0.3 is 0 Å². The van der Waals surface area contributed by atoms with E-state index in [1.54, 1.807) is 0 Å². The van der Waals surface area contributed by atoms with Crippen molar-refractivity contribution < 1.29 is 0 Å². The third-order valence-electron chi connectivity index (χ3n) is 4.04. The van der Waals surface area contributed by atoms with Crippen molar-refractivity contribution in [3.05, 3.63) is 29.8 Å². The fourth-order valence-electron chi connectivity index (χ4n) is 2.80. The molecule has 4 rings (SSSR count). The summed E-state index contributed by atoms with van der Waals surface area (Å²) in [5.41, 5.74) is 1.72. The average molecular weight is 232 g/mol. The Bertz CT molecular complexity index is 379. The predicted octanol–water partition coefficient (Wildman–Crippen LogP) is 4.63. The molecule has 0 saturated heterocycles. The molecule has 2 bridgehead atoms. The van der Waals surface area contributed by atoms with Gasteiger partial charge in [-0.3, -0.25) is 0 Å². The molecule has 0 amide bonds. The van der Waals surface area contributed by atoms with Crippen LogP contribution in [-0.2, 0) is 5.41 Å². The first kappa shape index (κ1) is 10.7. The maximum absolute atomic E-state index is 2.31. The van der Waals surface area contributed by atoms with Crippen molar-refractivity contribution >= 4 is 11.8 Å². The minimum absolute atomic E-state index is 0.277. The van der Waals surface area contributed by atoms with Gasteiger partial charge in [-0.2, -0.15) is 0 Å². The average Bonchev–Trinajstić information content (AvgIpc) is 2.09. The van der Waals surface area contributed by atoms with E-state index in [4.69, 9.17) is 0 Å². The van der Waals surface area contributed by atoms with Crippen molar-refractivity contribution in [1.82, 2.24) is 0 Å². The van der Waals surface area contributed by atoms with Crippen molar-refractivity contribution in [3.63, 3.8) is 0 Å². The number of hydrogen-bond donors (Lipinski definition) is 0. The molecule has 0 spiro atoms. The molecule has 1 heteroatoms. The third-order valence-corrected chi connectivity index (χ3v) is 5.48. The third kappa shape index (κ3) is 1.69. The van der Waals surface area contributed by atoms with Crippen LogP contribution in [-0.4, -0.2) is 4.75 Å². The molecule has 1 aromatic rings. The molecule has 3 fully saturated rings. The van der Waals surface area contributed by atoms with Gasteiger partial charge in [-0.05, 0) is 48.3 Å². The van der Waals surface area contributed by atoms with Crippen LogP contribution in [0.25, 0.3) is 0 Å². The van der Waals surface area contributed by atoms with Crippen LogP contribution in [0, 0.1) is 5.92 Å². The maximum atomic E-state index is 2.31. The quantitative estimate of drug-likeness (QED) is 0.716. The van der Waals surface area contributed by atoms with Crippen LogP contribution in [0.4, 0.5) is 0 Å². The van der Waals surface area contributed by atoms with Crippen molar-refractivity contribution in [3.8, 4) is 0 Å². The minimum Gasteiger partial charge on any atom is -0.119 e. The summed E-state index contributed by atoms with van der Waals surface area (Å²) in [6.45, 7) is 6.82. The molecule has 3 aliphatic carbocycles. The zero-order valence-electron chi connectivity index (χ0n) is 10.4. The first-order valence-electron chi connectivity index (χ1n) is 6.27. The summed E-state index contributed by atoms with van der Waals surface area (Å²) in [7, 11) is 0. The summed E-state index contributed by atoms with van der Waals surface area (Å²) in [4.78, 5) is 1.46. The van der Waals surface area contributed by atoms with E-state index in [2.05, 4.69) is 56.8 Å². The zero-order valence-corrected chi connectivity index (χ0v) is 11.2. The van der Waals surface area contributed by atoms with Gasteiger partial charge in [-0.25, -0.2) is 0 Å². The van der Waals surface area contributed by atoms with Gasteiger partial charge in [0.2, 0.25) is 0 Å². The molecule has 1 aromatic carbocycles. The zero-order chi connectivity index (χ0) is 11.4. The van der Waals surface area contributed by atoms with Gasteiger partial charge in [0.1, 0.15) is 0 Å². The van der Waals surface area contributed by atoms with E-state index in [-0.39, 0.29) is 5.41 Å². The van der Waals surface area contributed by atoms with Gasteiger partial charge in [0.25, 0.3) is 0 Å². The molecule has 0 unspecified atom stereocenters. The van der Waals surface area contributed by atoms with E-state index in [1.165, 1.54) is 29.7 Å². The number of thioether (sulfide) groups is 1. The fraction of sp³-hybridized carbons (Fsp3) is 0.600. The Kier molecular flexibility index (Phi) is 2.20. The summed E-state index contributed by atoms with van der Waals surface area (Å²) in [6.07, 6.45) is 4.41. The predicted molar refractivity (Wildman–Crippen MR) is 71.1 cm³/mol. The van der Waals surface area contributed by atoms with E-state index in [0.29, 0.717) is 4.75 Å². The van der Waals surface area contributed by atoms with E-state index in [1.807, 2.05) is 0 Å². The molecule has 0 aliphatic heterocycles. The monoisotopic (exact) mass is 232 g/mol. The molecular formula is C15H20S. The Morgan fingerprint density at radius 3 is 2.00 bits per heavy atom. The van der Waals surface area contributed by atoms with Crippen molar-refractivity contribution in [2.24, 2.45) is 5.92 Å². The van der Waals surface area contributed by atoms with Crippen LogP contribution in [0.3, 0.4) is 0 Å². The smallest absolute Gasteiger partial charge is 0.0215 e. The van der Waals surface area contributed by atoms with E-state index >= 15 is 0 Å². The molecule has 0 atom stereocenters. The molecule has 0 radical (unpaired) electrons. The van der Waals surface area contributed by atoms with Crippen LogP contribution in [0.2, 0.25) is 0 Å². The van der Waals surface area contributed by atoms with E-state index in [0.717, 1.165) is 5.92 Å². The van der Waals surface area contributed by atoms with Crippen molar-refractivity contribution in [2.45, 2.75) is 55.1 Å². The summed E-state index contributed by atoms with van der Waals surface area (Å²) < 4.78 is 0.661. The molecule has 0 aromatic heterocycles. The molecule has 0 N–H and O–H groups in total. The Labute approximate surface area is 103 Å². The lowest BCUT2D eigenvalue weighted by Gasteiger charge is -2.61. The molecular weight excluding hydrogens is 212 g/mol.